The second-order valence-corrected chi connectivity index (χ2v) is 6.05. The molecule has 0 saturated carbocycles. The largest absolute Gasteiger partial charge is 0.385 e. The van der Waals surface area contributed by atoms with Crippen LogP contribution in [0, 0.1) is 0 Å². The van der Waals surface area contributed by atoms with Crippen molar-refractivity contribution in [2.45, 2.75) is 51.2 Å². The van der Waals surface area contributed by atoms with Crippen molar-refractivity contribution >= 4 is 15.9 Å². The number of rotatable bonds is 5. The maximum absolute atomic E-state index is 11.0. The fraction of sp³-hybridized carbons (Fsp3) is 0.846. The number of aliphatic hydroxyl groups is 1. The van der Waals surface area contributed by atoms with Crippen LogP contribution in [0.25, 0.3) is 0 Å². The van der Waals surface area contributed by atoms with Gasteiger partial charge in [0.05, 0.1) is 5.54 Å². The molecular weight excluding hydrogens is 308 g/mol. The Hall–Kier alpha value is -0.460. The summed E-state index contributed by atoms with van der Waals surface area (Å²) in [6.07, 6.45) is 3.71. The van der Waals surface area contributed by atoms with Gasteiger partial charge in [0.15, 0.2) is 4.60 Å². The molecule has 0 spiro atoms. The molecule has 1 fully saturated rings. The van der Waals surface area contributed by atoms with E-state index in [2.05, 4.69) is 45.0 Å². The lowest BCUT2D eigenvalue weighted by molar-refractivity contribution is -0.0338. The summed E-state index contributed by atoms with van der Waals surface area (Å²) in [4.78, 5) is 2.44. The minimum absolute atomic E-state index is 0.214. The first-order valence-electron chi connectivity index (χ1n) is 7.05. The van der Waals surface area contributed by atoms with Crippen LogP contribution < -0.4 is 0 Å². The molecule has 1 saturated heterocycles. The normalized spacial score (nSPS) is 19.0. The predicted molar refractivity (Wildman–Crippen MR) is 77.8 cm³/mol. The smallest absolute Gasteiger partial charge is 0.154 e. The summed E-state index contributed by atoms with van der Waals surface area (Å²) in [5.41, 5.74) is 0.560. The Labute approximate surface area is 123 Å². The number of aryl methyl sites for hydroxylation is 1. The van der Waals surface area contributed by atoms with E-state index in [1.807, 2.05) is 7.05 Å². The summed E-state index contributed by atoms with van der Waals surface area (Å²) >= 11 is 3.40. The van der Waals surface area contributed by atoms with E-state index in [1.54, 1.807) is 4.68 Å². The molecule has 108 valence electrons. The summed E-state index contributed by atoms with van der Waals surface area (Å²) in [5.74, 6) is 0. The Morgan fingerprint density at radius 3 is 2.32 bits per heavy atom. The lowest BCUT2D eigenvalue weighted by Gasteiger charge is -2.44. The summed E-state index contributed by atoms with van der Waals surface area (Å²) in [5, 5.41) is 19.0. The van der Waals surface area contributed by atoms with Gasteiger partial charge in [0, 0.05) is 7.05 Å². The lowest BCUT2D eigenvalue weighted by atomic mass is 9.83. The average molecular weight is 331 g/mol. The van der Waals surface area contributed by atoms with Crippen molar-refractivity contribution in [1.82, 2.24) is 19.9 Å². The van der Waals surface area contributed by atoms with Crippen molar-refractivity contribution in [2.75, 3.05) is 13.1 Å². The Kier molecular flexibility index (Phi) is 4.63. The quantitative estimate of drug-likeness (QED) is 0.899. The van der Waals surface area contributed by atoms with Crippen molar-refractivity contribution in [2.24, 2.45) is 7.05 Å². The topological polar surface area (TPSA) is 54.2 Å². The van der Waals surface area contributed by atoms with E-state index in [1.165, 1.54) is 12.8 Å². The van der Waals surface area contributed by atoms with E-state index in [0.29, 0.717) is 4.60 Å². The number of aliphatic hydroxyl groups excluding tert-OH is 1. The fourth-order valence-corrected chi connectivity index (χ4v) is 3.85. The van der Waals surface area contributed by atoms with Crippen LogP contribution >= 0.6 is 15.9 Å². The zero-order valence-corrected chi connectivity index (χ0v) is 13.5. The zero-order valence-electron chi connectivity index (χ0n) is 11.9. The number of aromatic nitrogens is 3. The third-order valence-corrected chi connectivity index (χ3v) is 5.12. The molecule has 2 heterocycles. The molecular formula is C13H23BrN4O. The standard InChI is InChI=1S/C13H23BrN4O/c1-4-13(5-2,18-8-6-7-9-18)11(19)10-12(14)15-16-17(10)3/h11,19H,4-9H2,1-3H3. The highest BCUT2D eigenvalue weighted by atomic mass is 79.9. The molecule has 6 heteroatoms. The van der Waals surface area contributed by atoms with E-state index in [9.17, 15) is 5.11 Å². The first kappa shape index (κ1) is 14.9. The maximum atomic E-state index is 11.0. The fourth-order valence-electron chi connectivity index (χ4n) is 3.30. The van der Waals surface area contributed by atoms with Gasteiger partial charge >= 0.3 is 0 Å². The van der Waals surface area contributed by atoms with Crippen LogP contribution in [-0.4, -0.2) is 43.6 Å². The highest BCUT2D eigenvalue weighted by molar-refractivity contribution is 9.10. The lowest BCUT2D eigenvalue weighted by Crippen LogP contribution is -2.51. The summed E-state index contributed by atoms with van der Waals surface area (Å²) in [7, 11) is 1.83. The van der Waals surface area contributed by atoms with Crippen molar-refractivity contribution in [1.29, 1.82) is 0 Å². The molecule has 0 amide bonds. The van der Waals surface area contributed by atoms with Crippen LogP contribution in [0.5, 0.6) is 0 Å². The highest BCUT2D eigenvalue weighted by Gasteiger charge is 2.44. The second kappa shape index (κ2) is 5.89. The average Bonchev–Trinajstić information content (AvgIpc) is 3.03. The van der Waals surface area contributed by atoms with E-state index >= 15 is 0 Å². The van der Waals surface area contributed by atoms with Gasteiger partial charge < -0.3 is 5.11 Å². The molecule has 0 aromatic carbocycles. The van der Waals surface area contributed by atoms with Crippen LogP contribution in [0.2, 0.25) is 0 Å². The number of nitrogens with zero attached hydrogens (tertiary/aromatic N) is 4. The van der Waals surface area contributed by atoms with Crippen molar-refractivity contribution in [3.63, 3.8) is 0 Å². The van der Waals surface area contributed by atoms with Crippen molar-refractivity contribution < 1.29 is 5.11 Å². The predicted octanol–water partition coefficient (Wildman–Crippen LogP) is 2.27. The van der Waals surface area contributed by atoms with Gasteiger partial charge in [-0.15, -0.1) is 5.10 Å². The molecule has 19 heavy (non-hydrogen) atoms. The summed E-state index contributed by atoms with van der Waals surface area (Å²) in [6.45, 7) is 6.45. The monoisotopic (exact) mass is 330 g/mol. The molecule has 1 aliphatic rings. The molecule has 1 N–H and O–H groups in total. The minimum atomic E-state index is -0.574. The van der Waals surface area contributed by atoms with Gasteiger partial charge in [-0.25, -0.2) is 4.68 Å². The van der Waals surface area contributed by atoms with Gasteiger partial charge in [0.1, 0.15) is 11.8 Å². The molecule has 1 atom stereocenters. The van der Waals surface area contributed by atoms with Gasteiger partial charge in [-0.1, -0.05) is 19.1 Å². The minimum Gasteiger partial charge on any atom is -0.385 e. The van der Waals surface area contributed by atoms with Crippen molar-refractivity contribution in [3.8, 4) is 0 Å². The third kappa shape index (κ3) is 2.45. The summed E-state index contributed by atoms with van der Waals surface area (Å²) < 4.78 is 2.32. The maximum Gasteiger partial charge on any atom is 0.154 e. The Morgan fingerprint density at radius 2 is 1.89 bits per heavy atom. The van der Waals surface area contributed by atoms with Gasteiger partial charge in [0.2, 0.25) is 0 Å². The van der Waals surface area contributed by atoms with Gasteiger partial charge in [-0.05, 0) is 54.7 Å². The van der Waals surface area contributed by atoms with E-state index in [-0.39, 0.29) is 5.54 Å². The molecule has 0 radical (unpaired) electrons. The van der Waals surface area contributed by atoms with Crippen LogP contribution in [-0.2, 0) is 7.05 Å². The number of hydrogen-bond donors (Lipinski definition) is 1. The Morgan fingerprint density at radius 1 is 1.32 bits per heavy atom. The molecule has 1 aromatic rings. The Bertz CT molecular complexity index is 405. The molecule has 0 aliphatic carbocycles. The molecule has 1 unspecified atom stereocenters. The van der Waals surface area contributed by atoms with Gasteiger partial charge in [-0.2, -0.15) is 0 Å². The molecule has 2 rings (SSSR count). The molecule has 0 bridgehead atoms. The number of likely N-dealkylation sites (tertiary alicyclic amines) is 1. The molecule has 1 aliphatic heterocycles. The van der Waals surface area contributed by atoms with E-state index in [0.717, 1.165) is 31.6 Å². The van der Waals surface area contributed by atoms with Crippen molar-refractivity contribution in [3.05, 3.63) is 10.3 Å². The van der Waals surface area contributed by atoms with Crippen LogP contribution in [0.15, 0.2) is 4.60 Å². The number of halogens is 1. The van der Waals surface area contributed by atoms with E-state index in [4.69, 9.17) is 0 Å². The van der Waals surface area contributed by atoms with E-state index < -0.39 is 6.10 Å². The SMILES string of the molecule is CCC(CC)(C(O)c1c(Br)nnn1C)N1CCCC1. The molecule has 5 nitrogen and oxygen atoms in total. The highest BCUT2D eigenvalue weighted by Crippen LogP contribution is 2.40. The summed E-state index contributed by atoms with van der Waals surface area (Å²) in [6, 6.07) is 0. The van der Waals surface area contributed by atoms with Crippen LogP contribution in [0.4, 0.5) is 0 Å². The number of hydrogen-bond acceptors (Lipinski definition) is 4. The third-order valence-electron chi connectivity index (χ3n) is 4.55. The van der Waals surface area contributed by atoms with Crippen LogP contribution in [0.1, 0.15) is 51.3 Å². The first-order valence-corrected chi connectivity index (χ1v) is 7.84. The molecule has 1 aromatic heterocycles. The second-order valence-electron chi connectivity index (χ2n) is 5.30. The van der Waals surface area contributed by atoms with Crippen LogP contribution in [0.3, 0.4) is 0 Å². The van der Waals surface area contributed by atoms with Gasteiger partial charge in [-0.3, -0.25) is 4.90 Å². The van der Waals surface area contributed by atoms with Gasteiger partial charge in [0.25, 0.3) is 0 Å². The zero-order chi connectivity index (χ0) is 14.0. The Balaban J connectivity index is 2.38. The first-order chi connectivity index (χ1) is 9.06.